The molecule has 19 heavy (non-hydrogen) atoms. The van der Waals surface area contributed by atoms with Crippen LogP contribution in [0.3, 0.4) is 0 Å². The van der Waals surface area contributed by atoms with Crippen LogP contribution in [0.5, 0.6) is 5.75 Å². The van der Waals surface area contributed by atoms with Gasteiger partial charge >= 0.3 is 0 Å². The van der Waals surface area contributed by atoms with Crippen LogP contribution in [-0.2, 0) is 9.47 Å². The summed E-state index contributed by atoms with van der Waals surface area (Å²) >= 11 is 0. The molecule has 0 bridgehead atoms. The zero-order valence-corrected chi connectivity index (χ0v) is 11.0. The van der Waals surface area contributed by atoms with E-state index in [1.807, 2.05) is 13.8 Å². The molecule has 104 valence electrons. The standard InChI is InChI=1S/C14H17FO4/c1-14(2)9-18-11(8-19-14)7-17-13-5-10(6-16)3-4-12(13)15/h3-6,11H,7-9H2,1-2H3/t11-/m0/s1. The highest BCUT2D eigenvalue weighted by Crippen LogP contribution is 2.21. The molecule has 0 radical (unpaired) electrons. The first-order valence-electron chi connectivity index (χ1n) is 6.13. The molecule has 5 heteroatoms. The Hall–Kier alpha value is -1.46. The summed E-state index contributed by atoms with van der Waals surface area (Å²) < 4.78 is 30.0. The second-order valence-corrected chi connectivity index (χ2v) is 5.12. The fourth-order valence-electron chi connectivity index (χ4n) is 1.71. The van der Waals surface area contributed by atoms with Gasteiger partial charge in [0.05, 0.1) is 18.8 Å². The van der Waals surface area contributed by atoms with E-state index in [-0.39, 0.29) is 24.1 Å². The van der Waals surface area contributed by atoms with Crippen molar-refractivity contribution in [2.75, 3.05) is 19.8 Å². The van der Waals surface area contributed by atoms with Gasteiger partial charge in [0.2, 0.25) is 0 Å². The minimum absolute atomic E-state index is 0.0537. The minimum Gasteiger partial charge on any atom is -0.488 e. The second-order valence-electron chi connectivity index (χ2n) is 5.12. The summed E-state index contributed by atoms with van der Waals surface area (Å²) in [5.74, 6) is -0.444. The van der Waals surface area contributed by atoms with Gasteiger partial charge in [0.1, 0.15) is 19.0 Å². The number of carbonyl (C=O) groups is 1. The van der Waals surface area contributed by atoms with E-state index < -0.39 is 5.82 Å². The largest absolute Gasteiger partial charge is 0.488 e. The lowest BCUT2D eigenvalue weighted by atomic mass is 10.1. The Morgan fingerprint density at radius 2 is 2.32 bits per heavy atom. The normalized spacial score (nSPS) is 21.9. The average Bonchev–Trinajstić information content (AvgIpc) is 2.39. The highest BCUT2D eigenvalue weighted by molar-refractivity contribution is 5.75. The molecule has 1 aromatic rings. The van der Waals surface area contributed by atoms with Gasteiger partial charge in [-0.15, -0.1) is 0 Å². The van der Waals surface area contributed by atoms with E-state index >= 15 is 0 Å². The third kappa shape index (κ3) is 3.75. The predicted octanol–water partition coefficient (Wildman–Crippen LogP) is 2.21. The van der Waals surface area contributed by atoms with Crippen molar-refractivity contribution in [2.24, 2.45) is 0 Å². The van der Waals surface area contributed by atoms with Gasteiger partial charge in [-0.05, 0) is 32.0 Å². The maximum absolute atomic E-state index is 13.5. The van der Waals surface area contributed by atoms with Gasteiger partial charge in [-0.3, -0.25) is 4.79 Å². The second kappa shape index (κ2) is 5.67. The van der Waals surface area contributed by atoms with E-state index in [2.05, 4.69) is 0 Å². The Kier molecular flexibility index (Phi) is 4.17. The van der Waals surface area contributed by atoms with Crippen LogP contribution in [0.1, 0.15) is 24.2 Å². The monoisotopic (exact) mass is 268 g/mol. The van der Waals surface area contributed by atoms with Gasteiger partial charge in [-0.25, -0.2) is 4.39 Å². The first-order valence-corrected chi connectivity index (χ1v) is 6.13. The summed E-state index contributed by atoms with van der Waals surface area (Å²) in [5, 5.41) is 0. The quantitative estimate of drug-likeness (QED) is 0.785. The van der Waals surface area contributed by atoms with Crippen molar-refractivity contribution in [2.45, 2.75) is 25.6 Å². The van der Waals surface area contributed by atoms with Crippen molar-refractivity contribution in [1.82, 2.24) is 0 Å². The molecule has 0 spiro atoms. The van der Waals surface area contributed by atoms with Crippen LogP contribution in [-0.4, -0.2) is 37.8 Å². The van der Waals surface area contributed by atoms with Crippen LogP contribution >= 0.6 is 0 Å². The van der Waals surface area contributed by atoms with Crippen molar-refractivity contribution in [3.8, 4) is 5.75 Å². The Labute approximate surface area is 111 Å². The van der Waals surface area contributed by atoms with Gasteiger partial charge < -0.3 is 14.2 Å². The number of halogens is 1. The van der Waals surface area contributed by atoms with E-state index in [0.717, 1.165) is 0 Å². The lowest BCUT2D eigenvalue weighted by molar-refractivity contribution is -0.181. The van der Waals surface area contributed by atoms with Crippen LogP contribution < -0.4 is 4.74 Å². The highest BCUT2D eigenvalue weighted by atomic mass is 19.1. The van der Waals surface area contributed by atoms with Crippen LogP contribution in [0.4, 0.5) is 4.39 Å². The molecule has 4 nitrogen and oxygen atoms in total. The third-order valence-electron chi connectivity index (χ3n) is 2.84. The lowest BCUT2D eigenvalue weighted by Crippen LogP contribution is -2.44. The SMILES string of the molecule is CC1(C)CO[C@@H](COc2cc(C=O)ccc2F)CO1. The number of hydrogen-bond acceptors (Lipinski definition) is 4. The lowest BCUT2D eigenvalue weighted by Gasteiger charge is -2.34. The fourth-order valence-corrected chi connectivity index (χ4v) is 1.71. The molecule has 1 fully saturated rings. The number of benzene rings is 1. The third-order valence-corrected chi connectivity index (χ3v) is 2.84. The molecule has 0 N–H and O–H groups in total. The summed E-state index contributed by atoms with van der Waals surface area (Å²) in [7, 11) is 0. The topological polar surface area (TPSA) is 44.8 Å². The Balaban J connectivity index is 1.91. The minimum atomic E-state index is -0.498. The van der Waals surface area contributed by atoms with E-state index in [1.165, 1.54) is 18.2 Å². The van der Waals surface area contributed by atoms with Crippen molar-refractivity contribution in [3.63, 3.8) is 0 Å². The molecule has 1 aliphatic heterocycles. The maximum Gasteiger partial charge on any atom is 0.165 e. The molecule has 1 saturated heterocycles. The van der Waals surface area contributed by atoms with Crippen molar-refractivity contribution >= 4 is 6.29 Å². The molecule has 1 aromatic carbocycles. The van der Waals surface area contributed by atoms with E-state index in [0.29, 0.717) is 25.1 Å². The summed E-state index contributed by atoms with van der Waals surface area (Å²) in [6.45, 7) is 4.95. The van der Waals surface area contributed by atoms with Gasteiger partial charge in [0.15, 0.2) is 11.6 Å². The van der Waals surface area contributed by atoms with E-state index in [4.69, 9.17) is 14.2 Å². The van der Waals surface area contributed by atoms with Crippen LogP contribution in [0.25, 0.3) is 0 Å². The number of rotatable bonds is 4. The van der Waals surface area contributed by atoms with Crippen LogP contribution in [0, 0.1) is 5.82 Å². The molecule has 1 heterocycles. The van der Waals surface area contributed by atoms with Gasteiger partial charge in [0.25, 0.3) is 0 Å². The fraction of sp³-hybridized carbons (Fsp3) is 0.500. The molecular formula is C14H17FO4. The summed E-state index contributed by atoms with van der Waals surface area (Å²) in [5.41, 5.74) is 0.0810. The summed E-state index contributed by atoms with van der Waals surface area (Å²) in [6.07, 6.45) is 0.419. The Morgan fingerprint density at radius 3 is 2.95 bits per heavy atom. The van der Waals surface area contributed by atoms with Gasteiger partial charge in [-0.2, -0.15) is 0 Å². The van der Waals surface area contributed by atoms with Crippen molar-refractivity contribution in [1.29, 1.82) is 0 Å². The molecule has 0 aromatic heterocycles. The summed E-state index contributed by atoms with van der Waals surface area (Å²) in [4.78, 5) is 10.6. The molecule has 1 atom stereocenters. The van der Waals surface area contributed by atoms with Crippen LogP contribution in [0.2, 0.25) is 0 Å². The average molecular weight is 268 g/mol. The summed E-state index contributed by atoms with van der Waals surface area (Å²) in [6, 6.07) is 3.98. The zero-order chi connectivity index (χ0) is 13.9. The highest BCUT2D eigenvalue weighted by Gasteiger charge is 2.28. The number of ether oxygens (including phenoxy) is 3. The first kappa shape index (κ1) is 14.0. The molecule has 1 aliphatic rings. The van der Waals surface area contributed by atoms with E-state index in [9.17, 15) is 9.18 Å². The smallest absolute Gasteiger partial charge is 0.165 e. The van der Waals surface area contributed by atoms with Gasteiger partial charge in [0, 0.05) is 5.56 Å². The van der Waals surface area contributed by atoms with Crippen LogP contribution in [0.15, 0.2) is 18.2 Å². The molecule has 0 amide bonds. The number of hydrogen-bond donors (Lipinski definition) is 0. The Morgan fingerprint density at radius 1 is 1.53 bits per heavy atom. The Bertz CT molecular complexity index is 449. The van der Waals surface area contributed by atoms with E-state index in [1.54, 1.807) is 0 Å². The molecule has 0 unspecified atom stereocenters. The molecule has 0 saturated carbocycles. The van der Waals surface area contributed by atoms with Gasteiger partial charge in [-0.1, -0.05) is 0 Å². The zero-order valence-electron chi connectivity index (χ0n) is 11.0. The number of aldehydes is 1. The first-order chi connectivity index (χ1) is 9.00. The molecule has 0 aliphatic carbocycles. The number of carbonyl (C=O) groups excluding carboxylic acids is 1. The molecular weight excluding hydrogens is 251 g/mol. The molecule has 2 rings (SSSR count). The maximum atomic E-state index is 13.5. The van der Waals surface area contributed by atoms with Crippen molar-refractivity contribution < 1.29 is 23.4 Å². The predicted molar refractivity (Wildman–Crippen MR) is 67.1 cm³/mol. The van der Waals surface area contributed by atoms with Crippen molar-refractivity contribution in [3.05, 3.63) is 29.6 Å².